The molecule has 1 amide bonds. The molecule has 4 heterocycles. The van der Waals surface area contributed by atoms with Gasteiger partial charge in [0.15, 0.2) is 0 Å². The molecule has 2 aliphatic heterocycles. The summed E-state index contributed by atoms with van der Waals surface area (Å²) in [6.45, 7) is 1.54. The van der Waals surface area contributed by atoms with Crippen molar-refractivity contribution in [2.45, 2.75) is 44.6 Å². The first-order chi connectivity index (χ1) is 15.0. The highest BCUT2D eigenvalue weighted by molar-refractivity contribution is 5.85. The minimum atomic E-state index is -0.941. The van der Waals surface area contributed by atoms with Gasteiger partial charge in [-0.15, -0.1) is 0 Å². The smallest absolute Gasteiger partial charge is 0.305 e. The number of hydrogen-bond donors (Lipinski definition) is 2. The number of nitrogens with one attached hydrogen (secondary N) is 1. The number of anilines is 1. The van der Waals surface area contributed by atoms with Gasteiger partial charge in [0.05, 0.1) is 25.5 Å². The summed E-state index contributed by atoms with van der Waals surface area (Å²) < 4.78 is 5.06. The average Bonchev–Trinajstić information content (AvgIpc) is 2.79. The van der Waals surface area contributed by atoms with Gasteiger partial charge in [0.25, 0.3) is 0 Å². The molecule has 0 spiro atoms. The van der Waals surface area contributed by atoms with Crippen molar-refractivity contribution >= 4 is 17.7 Å². The van der Waals surface area contributed by atoms with Crippen LogP contribution < -0.4 is 10.1 Å². The van der Waals surface area contributed by atoms with Crippen LogP contribution in [0.2, 0.25) is 0 Å². The van der Waals surface area contributed by atoms with Crippen molar-refractivity contribution in [2.24, 2.45) is 5.92 Å². The van der Waals surface area contributed by atoms with Crippen LogP contribution in [0.4, 0.5) is 5.82 Å². The molecule has 2 atom stereocenters. The SMILES string of the molecule is COc1ccc([C@H](CC(=O)O)N2CC(CCCc3ccc4c(n3)NCCC4)C2=O)cn1. The first kappa shape index (κ1) is 21.1. The van der Waals surface area contributed by atoms with E-state index in [4.69, 9.17) is 9.72 Å². The lowest BCUT2D eigenvalue weighted by Crippen LogP contribution is -2.54. The molecule has 0 bridgehead atoms. The van der Waals surface area contributed by atoms with E-state index >= 15 is 0 Å². The number of methoxy groups -OCH3 is 1. The van der Waals surface area contributed by atoms with E-state index in [1.807, 2.05) is 0 Å². The molecule has 0 aromatic carbocycles. The zero-order chi connectivity index (χ0) is 21.8. The van der Waals surface area contributed by atoms with Crippen LogP contribution in [-0.2, 0) is 22.4 Å². The number of ether oxygens (including phenoxy) is 1. The Morgan fingerprint density at radius 3 is 2.94 bits per heavy atom. The van der Waals surface area contributed by atoms with Crippen molar-refractivity contribution in [1.29, 1.82) is 0 Å². The number of rotatable bonds is 9. The van der Waals surface area contributed by atoms with Crippen LogP contribution in [0.1, 0.15) is 48.5 Å². The number of fused-ring (bicyclic) bond motifs is 1. The van der Waals surface area contributed by atoms with Crippen LogP contribution in [0.5, 0.6) is 5.88 Å². The van der Waals surface area contributed by atoms with Crippen LogP contribution in [0.25, 0.3) is 0 Å². The van der Waals surface area contributed by atoms with Crippen LogP contribution in [0, 0.1) is 5.92 Å². The minimum Gasteiger partial charge on any atom is -0.481 e. The molecule has 4 rings (SSSR count). The van der Waals surface area contributed by atoms with E-state index in [0.717, 1.165) is 50.2 Å². The van der Waals surface area contributed by atoms with Crippen LogP contribution in [0.15, 0.2) is 30.5 Å². The highest BCUT2D eigenvalue weighted by Gasteiger charge is 2.41. The Labute approximate surface area is 181 Å². The Morgan fingerprint density at radius 2 is 2.23 bits per heavy atom. The third-order valence-corrected chi connectivity index (χ3v) is 6.08. The van der Waals surface area contributed by atoms with Crippen LogP contribution in [0.3, 0.4) is 0 Å². The van der Waals surface area contributed by atoms with Gasteiger partial charge in [-0.3, -0.25) is 9.59 Å². The van der Waals surface area contributed by atoms with Gasteiger partial charge in [0.2, 0.25) is 11.8 Å². The molecule has 164 valence electrons. The second kappa shape index (κ2) is 9.32. The predicted octanol–water partition coefficient (Wildman–Crippen LogP) is 2.84. The Morgan fingerprint density at radius 1 is 1.35 bits per heavy atom. The van der Waals surface area contributed by atoms with Gasteiger partial charge >= 0.3 is 5.97 Å². The molecule has 8 heteroatoms. The second-order valence-electron chi connectivity index (χ2n) is 8.17. The molecule has 1 saturated heterocycles. The summed E-state index contributed by atoms with van der Waals surface area (Å²) >= 11 is 0. The summed E-state index contributed by atoms with van der Waals surface area (Å²) in [6.07, 6.45) is 6.15. The molecule has 0 saturated carbocycles. The fourth-order valence-corrected chi connectivity index (χ4v) is 4.34. The van der Waals surface area contributed by atoms with Gasteiger partial charge in [-0.1, -0.05) is 12.1 Å². The molecule has 1 unspecified atom stereocenters. The Bertz CT molecular complexity index is 947. The predicted molar refractivity (Wildman–Crippen MR) is 115 cm³/mol. The minimum absolute atomic E-state index is 0.0159. The molecule has 2 N–H and O–H groups in total. The molecule has 2 aromatic heterocycles. The zero-order valence-corrected chi connectivity index (χ0v) is 17.7. The van der Waals surface area contributed by atoms with Gasteiger partial charge in [0.1, 0.15) is 5.82 Å². The maximum atomic E-state index is 12.8. The van der Waals surface area contributed by atoms with Gasteiger partial charge in [-0.2, -0.15) is 0 Å². The number of aryl methyl sites for hydroxylation is 2. The van der Waals surface area contributed by atoms with E-state index in [-0.39, 0.29) is 18.2 Å². The van der Waals surface area contributed by atoms with E-state index in [1.54, 1.807) is 23.2 Å². The number of carboxylic acid groups (broad SMARTS) is 1. The van der Waals surface area contributed by atoms with E-state index in [2.05, 4.69) is 22.4 Å². The lowest BCUT2D eigenvalue weighted by Gasteiger charge is -2.43. The number of β-lactam (4-membered cyclic amide) rings is 1. The van der Waals surface area contributed by atoms with Crippen molar-refractivity contribution < 1.29 is 19.4 Å². The topological polar surface area (TPSA) is 105 Å². The molecule has 31 heavy (non-hydrogen) atoms. The molecule has 0 radical (unpaired) electrons. The summed E-state index contributed by atoms with van der Waals surface area (Å²) in [5.74, 6) is 0.473. The lowest BCUT2D eigenvalue weighted by atomic mass is 9.88. The fraction of sp³-hybridized carbons (Fsp3) is 0.478. The summed E-state index contributed by atoms with van der Waals surface area (Å²) in [5.41, 5.74) is 3.03. The number of nitrogens with zero attached hydrogens (tertiary/aromatic N) is 3. The van der Waals surface area contributed by atoms with Gasteiger partial charge in [0, 0.05) is 31.0 Å². The molecular formula is C23H28N4O4. The number of likely N-dealkylation sites (tertiary alicyclic amines) is 1. The molecule has 8 nitrogen and oxygen atoms in total. The third kappa shape index (κ3) is 4.78. The van der Waals surface area contributed by atoms with Crippen LogP contribution >= 0.6 is 0 Å². The van der Waals surface area contributed by atoms with Crippen molar-refractivity contribution in [2.75, 3.05) is 25.5 Å². The zero-order valence-electron chi connectivity index (χ0n) is 17.7. The van der Waals surface area contributed by atoms with Gasteiger partial charge in [-0.05, 0) is 49.3 Å². The van der Waals surface area contributed by atoms with E-state index < -0.39 is 12.0 Å². The largest absolute Gasteiger partial charge is 0.481 e. The number of aromatic nitrogens is 2. The second-order valence-corrected chi connectivity index (χ2v) is 8.17. The number of carbonyl (C=O) groups is 2. The number of amides is 1. The monoisotopic (exact) mass is 424 g/mol. The summed E-state index contributed by atoms with van der Waals surface area (Å²) in [5, 5.41) is 12.7. The van der Waals surface area contributed by atoms with Crippen molar-refractivity contribution in [3.05, 3.63) is 47.3 Å². The maximum Gasteiger partial charge on any atom is 0.305 e. The number of aliphatic carboxylic acids is 1. The Balaban J connectivity index is 1.32. The third-order valence-electron chi connectivity index (χ3n) is 6.08. The Kier molecular flexibility index (Phi) is 6.34. The quantitative estimate of drug-likeness (QED) is 0.597. The normalized spacial score (nSPS) is 18.5. The molecule has 2 aliphatic rings. The van der Waals surface area contributed by atoms with Crippen molar-refractivity contribution in [3.8, 4) is 5.88 Å². The highest BCUT2D eigenvalue weighted by atomic mass is 16.5. The van der Waals surface area contributed by atoms with Gasteiger partial charge < -0.3 is 20.1 Å². The molecule has 0 aliphatic carbocycles. The summed E-state index contributed by atoms with van der Waals surface area (Å²) in [6, 6.07) is 7.19. The van der Waals surface area contributed by atoms with Crippen molar-refractivity contribution in [3.63, 3.8) is 0 Å². The average molecular weight is 425 g/mol. The van der Waals surface area contributed by atoms with E-state index in [0.29, 0.717) is 18.0 Å². The number of carbonyl (C=O) groups excluding carboxylic acids is 1. The summed E-state index contributed by atoms with van der Waals surface area (Å²) in [4.78, 5) is 34.7. The van der Waals surface area contributed by atoms with Crippen LogP contribution in [-0.4, -0.2) is 52.1 Å². The van der Waals surface area contributed by atoms with Gasteiger partial charge in [-0.25, -0.2) is 9.97 Å². The molecular weight excluding hydrogens is 396 g/mol. The summed E-state index contributed by atoms with van der Waals surface area (Å²) in [7, 11) is 1.52. The number of carboxylic acids is 1. The number of hydrogen-bond acceptors (Lipinski definition) is 6. The highest BCUT2D eigenvalue weighted by Crippen LogP contribution is 2.35. The first-order valence-corrected chi connectivity index (χ1v) is 10.8. The first-order valence-electron chi connectivity index (χ1n) is 10.8. The van der Waals surface area contributed by atoms with E-state index in [9.17, 15) is 14.7 Å². The molecule has 2 aromatic rings. The number of pyridine rings is 2. The molecule has 1 fully saturated rings. The standard InChI is InChI=1S/C23H28N4O4/c1-31-20-10-8-16(13-25-20)19(12-21(28)29)27-14-17(23(27)30)4-2-6-18-9-7-15-5-3-11-24-22(15)26-18/h7-10,13,17,19H,2-6,11-12,14H2,1H3,(H,24,26)(H,28,29)/t17?,19-/m0/s1. The maximum absolute atomic E-state index is 12.8. The fourth-order valence-electron chi connectivity index (χ4n) is 4.34. The van der Waals surface area contributed by atoms with E-state index in [1.165, 1.54) is 12.7 Å². The Hall–Kier alpha value is -3.16. The lowest BCUT2D eigenvalue weighted by molar-refractivity contribution is -0.154. The van der Waals surface area contributed by atoms with Crippen molar-refractivity contribution in [1.82, 2.24) is 14.9 Å².